The molecule has 5 N–H and O–H groups in total. The highest BCUT2D eigenvalue weighted by atomic mass is 15.3. The first-order valence-corrected chi connectivity index (χ1v) is 8.88. The van der Waals surface area contributed by atoms with E-state index in [-0.39, 0.29) is 5.41 Å². The molecule has 0 amide bonds. The molecule has 0 saturated carbocycles. The van der Waals surface area contributed by atoms with Gasteiger partial charge in [0.05, 0.1) is 5.56 Å². The summed E-state index contributed by atoms with van der Waals surface area (Å²) in [6.07, 6.45) is 3.22. The molecule has 0 saturated heterocycles. The van der Waals surface area contributed by atoms with Gasteiger partial charge < -0.3 is 16.0 Å². The number of hydrogen-bond donors (Lipinski definition) is 3. The van der Waals surface area contributed by atoms with Crippen molar-refractivity contribution in [1.82, 2.24) is 9.97 Å². The number of benzene rings is 1. The lowest BCUT2D eigenvalue weighted by Gasteiger charge is -2.28. The zero-order valence-electron chi connectivity index (χ0n) is 16.5. The van der Waals surface area contributed by atoms with E-state index < -0.39 is 0 Å². The molecule has 0 unspecified atom stereocenters. The molecule has 8 heteroatoms. The Balaban J connectivity index is 1.88. The Hall–Kier alpha value is -3.00. The third-order valence-electron chi connectivity index (χ3n) is 4.19. The van der Waals surface area contributed by atoms with Crippen molar-refractivity contribution in [3.05, 3.63) is 35.7 Å². The van der Waals surface area contributed by atoms with E-state index >= 15 is 0 Å². The Morgan fingerprint density at radius 2 is 2.00 bits per heavy atom. The lowest BCUT2D eigenvalue weighted by atomic mass is 9.96. The van der Waals surface area contributed by atoms with Crippen LogP contribution < -0.4 is 21.3 Å². The van der Waals surface area contributed by atoms with E-state index in [1.807, 2.05) is 37.5 Å². The fourth-order valence-corrected chi connectivity index (χ4v) is 3.01. The van der Waals surface area contributed by atoms with E-state index in [9.17, 15) is 0 Å². The molecule has 1 aromatic heterocycles. The third-order valence-corrected chi connectivity index (χ3v) is 4.19. The van der Waals surface area contributed by atoms with Crippen LogP contribution in [-0.2, 0) is 0 Å². The van der Waals surface area contributed by atoms with E-state index in [1.165, 1.54) is 6.33 Å². The number of rotatable bonds is 5. The smallest absolute Gasteiger partial charge is 0.257 e. The standard InChI is InChI=1S/C19H26N8/c1-12-6-7-13(16-22-11-24-26-16)8-14(12)25-17-15(20)18(23-10-21-17)27(5)9-19(2,3)4/h6-8,10-11H,9,20H2,1-5H3,(H,21,23,25)(H,22,24,26)/p+1. The maximum Gasteiger partial charge on any atom is 0.257 e. The number of nitrogens with two attached hydrogens (primary N) is 2. The topological polar surface area (TPSA) is 108 Å². The van der Waals surface area contributed by atoms with Crippen LogP contribution in [0, 0.1) is 12.3 Å². The quantitative estimate of drug-likeness (QED) is 0.747. The van der Waals surface area contributed by atoms with E-state index in [0.717, 1.165) is 35.0 Å². The van der Waals surface area contributed by atoms with Crippen LogP contribution >= 0.6 is 0 Å². The van der Waals surface area contributed by atoms with Gasteiger partial charge in [-0.3, -0.25) is 5.32 Å². The second-order valence-corrected chi connectivity index (χ2v) is 7.95. The summed E-state index contributed by atoms with van der Waals surface area (Å²) >= 11 is 0. The Bertz CT molecular complexity index is 895. The average molecular weight is 367 g/mol. The van der Waals surface area contributed by atoms with Crippen LogP contribution in [0.25, 0.3) is 0 Å². The number of amidine groups is 1. The second-order valence-electron chi connectivity index (χ2n) is 7.95. The molecule has 142 valence electrons. The van der Waals surface area contributed by atoms with Gasteiger partial charge in [0.2, 0.25) is 6.34 Å². The van der Waals surface area contributed by atoms with Crippen molar-refractivity contribution in [2.24, 2.45) is 15.6 Å². The SMILES string of the molecule is Cc1ccc(C2=NN=C[NH2+]2)cc1Nc1ncnc(N(C)CC(C)(C)C)c1N. The number of nitrogens with one attached hydrogen (secondary N) is 1. The molecule has 1 aromatic carbocycles. The van der Waals surface area contributed by atoms with Gasteiger partial charge >= 0.3 is 0 Å². The Kier molecular flexibility index (Phi) is 5.09. The molecule has 2 aromatic rings. The fraction of sp³-hybridized carbons (Fsp3) is 0.368. The normalized spacial score (nSPS) is 13.6. The van der Waals surface area contributed by atoms with Crippen molar-refractivity contribution in [3.8, 4) is 0 Å². The van der Waals surface area contributed by atoms with E-state index in [0.29, 0.717) is 11.5 Å². The summed E-state index contributed by atoms with van der Waals surface area (Å²) < 4.78 is 0. The van der Waals surface area contributed by atoms with Crippen LogP contribution in [0.1, 0.15) is 31.9 Å². The first-order valence-electron chi connectivity index (χ1n) is 8.88. The van der Waals surface area contributed by atoms with Crippen LogP contribution in [0.15, 0.2) is 34.7 Å². The molecule has 0 spiro atoms. The molecule has 8 nitrogen and oxygen atoms in total. The van der Waals surface area contributed by atoms with Crippen LogP contribution in [-0.4, -0.2) is 35.7 Å². The van der Waals surface area contributed by atoms with Gasteiger partial charge in [-0.25, -0.2) is 9.97 Å². The number of nitrogens with zero attached hydrogens (tertiary/aromatic N) is 5. The van der Waals surface area contributed by atoms with Crippen molar-refractivity contribution >= 4 is 35.2 Å². The summed E-state index contributed by atoms with van der Waals surface area (Å²) in [7, 11) is 1.99. The van der Waals surface area contributed by atoms with E-state index in [2.05, 4.69) is 51.2 Å². The molecular weight excluding hydrogens is 340 g/mol. The number of aromatic nitrogens is 2. The van der Waals surface area contributed by atoms with Gasteiger partial charge in [-0.05, 0) is 30.0 Å². The molecule has 1 aliphatic heterocycles. The first kappa shape index (κ1) is 18.8. The predicted molar refractivity (Wildman–Crippen MR) is 111 cm³/mol. The van der Waals surface area contributed by atoms with Gasteiger partial charge in [0.25, 0.3) is 5.84 Å². The highest BCUT2D eigenvalue weighted by molar-refractivity contribution is 5.96. The van der Waals surface area contributed by atoms with Crippen molar-refractivity contribution in [3.63, 3.8) is 0 Å². The molecular formula is C19H27N8+. The minimum atomic E-state index is 0.130. The Morgan fingerprint density at radius 1 is 1.22 bits per heavy atom. The van der Waals surface area contributed by atoms with Gasteiger partial charge in [-0.15, -0.1) is 0 Å². The number of aryl methyl sites for hydroxylation is 1. The molecule has 3 rings (SSSR count). The molecule has 0 aliphatic carbocycles. The van der Waals surface area contributed by atoms with Crippen LogP contribution in [0.4, 0.5) is 23.0 Å². The third kappa shape index (κ3) is 4.40. The van der Waals surface area contributed by atoms with Crippen molar-refractivity contribution in [2.45, 2.75) is 27.7 Å². The molecule has 0 bridgehead atoms. The maximum absolute atomic E-state index is 6.38. The number of hydrogen-bond acceptors (Lipinski definition) is 7. The van der Waals surface area contributed by atoms with Gasteiger partial charge in [-0.2, -0.15) is 0 Å². The van der Waals surface area contributed by atoms with Crippen LogP contribution in [0.2, 0.25) is 0 Å². The van der Waals surface area contributed by atoms with Gasteiger partial charge in [0, 0.05) is 19.3 Å². The first-order chi connectivity index (χ1) is 12.7. The number of anilines is 4. The van der Waals surface area contributed by atoms with Gasteiger partial charge in [0.15, 0.2) is 11.6 Å². The summed E-state index contributed by atoms with van der Waals surface area (Å²) in [5.74, 6) is 2.15. The van der Waals surface area contributed by atoms with Crippen molar-refractivity contribution in [1.29, 1.82) is 0 Å². The zero-order chi connectivity index (χ0) is 19.6. The molecule has 0 radical (unpaired) electrons. The zero-order valence-corrected chi connectivity index (χ0v) is 16.5. The molecule has 0 fully saturated rings. The molecule has 2 heterocycles. The summed E-state index contributed by atoms with van der Waals surface area (Å²) in [6, 6.07) is 6.09. The van der Waals surface area contributed by atoms with Gasteiger partial charge in [-0.1, -0.05) is 37.0 Å². The summed E-state index contributed by atoms with van der Waals surface area (Å²) in [5.41, 5.74) is 10.0. The highest BCUT2D eigenvalue weighted by Gasteiger charge is 2.19. The van der Waals surface area contributed by atoms with Crippen LogP contribution in [0.3, 0.4) is 0 Å². The minimum absolute atomic E-state index is 0.130. The highest BCUT2D eigenvalue weighted by Crippen LogP contribution is 2.30. The lowest BCUT2D eigenvalue weighted by Crippen LogP contribution is -2.85. The van der Waals surface area contributed by atoms with Crippen molar-refractivity contribution < 1.29 is 5.32 Å². The predicted octanol–water partition coefficient (Wildman–Crippen LogP) is 1.86. The number of quaternary nitrogens is 1. The van der Waals surface area contributed by atoms with E-state index in [1.54, 1.807) is 6.34 Å². The largest absolute Gasteiger partial charge is 0.393 e. The lowest BCUT2D eigenvalue weighted by molar-refractivity contribution is -0.390. The molecule has 1 aliphatic rings. The molecule has 0 atom stereocenters. The Morgan fingerprint density at radius 3 is 2.67 bits per heavy atom. The van der Waals surface area contributed by atoms with Crippen molar-refractivity contribution in [2.75, 3.05) is 29.5 Å². The fourth-order valence-electron chi connectivity index (χ4n) is 3.01. The summed E-state index contributed by atoms with van der Waals surface area (Å²) in [5, 5.41) is 13.2. The number of nitrogen functional groups attached to an aromatic ring is 1. The minimum Gasteiger partial charge on any atom is -0.393 e. The average Bonchev–Trinajstić information content (AvgIpc) is 3.11. The van der Waals surface area contributed by atoms with Gasteiger partial charge in [0.1, 0.15) is 12.0 Å². The second kappa shape index (κ2) is 7.32. The summed E-state index contributed by atoms with van der Waals surface area (Å²) in [6.45, 7) is 9.41. The Labute approximate surface area is 159 Å². The van der Waals surface area contributed by atoms with Crippen LogP contribution in [0.5, 0.6) is 0 Å². The maximum atomic E-state index is 6.38. The molecule has 27 heavy (non-hydrogen) atoms. The monoisotopic (exact) mass is 367 g/mol. The summed E-state index contributed by atoms with van der Waals surface area (Å²) in [4.78, 5) is 10.8. The van der Waals surface area contributed by atoms with E-state index in [4.69, 9.17) is 5.73 Å².